The zero-order chi connectivity index (χ0) is 9.90. The first-order chi connectivity index (χ1) is 6.08. The minimum atomic E-state index is -0.632. The van der Waals surface area contributed by atoms with Gasteiger partial charge in [-0.25, -0.2) is 0 Å². The van der Waals surface area contributed by atoms with Crippen molar-refractivity contribution in [3.8, 4) is 0 Å². The summed E-state index contributed by atoms with van der Waals surface area (Å²) in [5, 5.41) is 5.21. The molecule has 0 saturated carbocycles. The summed E-state index contributed by atoms with van der Waals surface area (Å²) < 4.78 is 0. The number of hydrogen-bond donors (Lipinski definition) is 3. The molecule has 1 aliphatic rings. The Morgan fingerprint density at radius 2 is 2.23 bits per heavy atom. The molecule has 1 rings (SSSR count). The molecule has 1 saturated heterocycles. The summed E-state index contributed by atoms with van der Waals surface area (Å²) in [5.41, 5.74) is 4.72. The second kappa shape index (κ2) is 3.85. The third-order valence-electron chi connectivity index (χ3n) is 2.27. The first-order valence-corrected chi connectivity index (χ1v) is 4.38. The van der Waals surface area contributed by atoms with E-state index < -0.39 is 5.54 Å². The number of rotatable bonds is 3. The number of nitrogens with one attached hydrogen (secondary N) is 2. The summed E-state index contributed by atoms with van der Waals surface area (Å²) in [7, 11) is 0. The smallest absolute Gasteiger partial charge is 0.246 e. The van der Waals surface area contributed by atoms with Crippen LogP contribution >= 0.6 is 0 Å². The number of amides is 2. The molecule has 1 fully saturated rings. The summed E-state index contributed by atoms with van der Waals surface area (Å²) >= 11 is 0. The van der Waals surface area contributed by atoms with Crippen LogP contribution in [0.5, 0.6) is 0 Å². The summed E-state index contributed by atoms with van der Waals surface area (Å²) in [4.78, 5) is 22.2. The van der Waals surface area contributed by atoms with Gasteiger partial charge in [0.05, 0.1) is 12.1 Å². The van der Waals surface area contributed by atoms with Crippen molar-refractivity contribution in [1.82, 2.24) is 10.6 Å². The van der Waals surface area contributed by atoms with E-state index in [2.05, 4.69) is 10.6 Å². The number of piperazine rings is 1. The number of imide groups is 1. The Hall–Kier alpha value is -0.940. The van der Waals surface area contributed by atoms with Crippen LogP contribution < -0.4 is 16.4 Å². The van der Waals surface area contributed by atoms with Crippen molar-refractivity contribution in [3.05, 3.63) is 0 Å². The number of carbonyl (C=O) groups excluding carboxylic acids is 2. The van der Waals surface area contributed by atoms with E-state index in [-0.39, 0.29) is 18.4 Å². The molecule has 1 heterocycles. The van der Waals surface area contributed by atoms with Gasteiger partial charge >= 0.3 is 0 Å². The molecule has 0 aromatic heterocycles. The first kappa shape index (κ1) is 10.1. The Kier molecular flexibility index (Phi) is 3.00. The van der Waals surface area contributed by atoms with Gasteiger partial charge < -0.3 is 5.73 Å². The lowest BCUT2D eigenvalue weighted by atomic mass is 9.93. The topological polar surface area (TPSA) is 84.2 Å². The molecule has 5 heteroatoms. The minimum absolute atomic E-state index is 0.201. The van der Waals surface area contributed by atoms with Crippen molar-refractivity contribution in [3.63, 3.8) is 0 Å². The fraction of sp³-hybridized carbons (Fsp3) is 0.750. The van der Waals surface area contributed by atoms with Gasteiger partial charge in [-0.15, -0.1) is 0 Å². The molecule has 5 nitrogen and oxygen atoms in total. The third-order valence-corrected chi connectivity index (χ3v) is 2.27. The van der Waals surface area contributed by atoms with Gasteiger partial charge in [0.15, 0.2) is 0 Å². The van der Waals surface area contributed by atoms with E-state index in [9.17, 15) is 9.59 Å². The highest BCUT2D eigenvalue weighted by atomic mass is 16.2. The molecule has 4 N–H and O–H groups in total. The second-order valence-electron chi connectivity index (χ2n) is 3.46. The molecule has 1 atom stereocenters. The summed E-state index contributed by atoms with van der Waals surface area (Å²) in [6.45, 7) is 2.54. The number of nitrogens with two attached hydrogens (primary N) is 1. The van der Waals surface area contributed by atoms with Gasteiger partial charge in [-0.3, -0.25) is 20.2 Å². The Morgan fingerprint density at radius 1 is 1.54 bits per heavy atom. The van der Waals surface area contributed by atoms with Crippen LogP contribution in [0.2, 0.25) is 0 Å². The fourth-order valence-electron chi connectivity index (χ4n) is 1.32. The SMILES string of the molecule is CC1(CCCN)NCC(=O)NC1=O. The van der Waals surface area contributed by atoms with Crippen LogP contribution in [0.15, 0.2) is 0 Å². The van der Waals surface area contributed by atoms with Gasteiger partial charge in [0, 0.05) is 0 Å². The largest absolute Gasteiger partial charge is 0.330 e. The van der Waals surface area contributed by atoms with E-state index in [1.165, 1.54) is 0 Å². The van der Waals surface area contributed by atoms with Crippen LogP contribution in [0.25, 0.3) is 0 Å². The van der Waals surface area contributed by atoms with Crippen LogP contribution in [0, 0.1) is 0 Å². The predicted molar refractivity (Wildman–Crippen MR) is 47.8 cm³/mol. The lowest BCUT2D eigenvalue weighted by Gasteiger charge is -2.32. The molecule has 13 heavy (non-hydrogen) atoms. The first-order valence-electron chi connectivity index (χ1n) is 4.38. The Bertz CT molecular complexity index is 229. The lowest BCUT2D eigenvalue weighted by Crippen LogP contribution is -2.63. The highest BCUT2D eigenvalue weighted by Crippen LogP contribution is 2.13. The summed E-state index contributed by atoms with van der Waals surface area (Å²) in [6.07, 6.45) is 1.42. The summed E-state index contributed by atoms with van der Waals surface area (Å²) in [5.74, 6) is -0.521. The highest BCUT2D eigenvalue weighted by molar-refractivity contribution is 6.03. The van der Waals surface area contributed by atoms with Gasteiger partial charge in [0.1, 0.15) is 0 Å². The Morgan fingerprint density at radius 3 is 2.77 bits per heavy atom. The molecule has 74 valence electrons. The van der Waals surface area contributed by atoms with Crippen molar-refractivity contribution in [2.45, 2.75) is 25.3 Å². The van der Waals surface area contributed by atoms with E-state index in [1.807, 2.05) is 0 Å². The molecular formula is C8H15N3O2. The van der Waals surface area contributed by atoms with Crippen LogP contribution in [0.1, 0.15) is 19.8 Å². The zero-order valence-electron chi connectivity index (χ0n) is 7.72. The summed E-state index contributed by atoms with van der Waals surface area (Å²) in [6, 6.07) is 0. The molecular weight excluding hydrogens is 170 g/mol. The van der Waals surface area contributed by atoms with Crippen LogP contribution in [0.4, 0.5) is 0 Å². The van der Waals surface area contributed by atoms with E-state index >= 15 is 0 Å². The average Bonchev–Trinajstić information content (AvgIpc) is 2.09. The molecule has 0 aromatic carbocycles. The maximum atomic E-state index is 11.4. The normalized spacial score (nSPS) is 28.8. The van der Waals surface area contributed by atoms with Gasteiger partial charge in [-0.05, 0) is 26.3 Å². The lowest BCUT2D eigenvalue weighted by molar-refractivity contribution is -0.137. The van der Waals surface area contributed by atoms with E-state index in [0.29, 0.717) is 13.0 Å². The van der Waals surface area contributed by atoms with Crippen molar-refractivity contribution < 1.29 is 9.59 Å². The van der Waals surface area contributed by atoms with E-state index in [4.69, 9.17) is 5.73 Å². The Balaban J connectivity index is 2.56. The monoisotopic (exact) mass is 185 g/mol. The molecule has 1 unspecified atom stereocenters. The van der Waals surface area contributed by atoms with Crippen molar-refractivity contribution in [2.24, 2.45) is 5.73 Å². The molecule has 1 aliphatic heterocycles. The predicted octanol–water partition coefficient (Wildman–Crippen LogP) is -1.27. The van der Waals surface area contributed by atoms with Gasteiger partial charge in [-0.2, -0.15) is 0 Å². The van der Waals surface area contributed by atoms with Crippen LogP contribution in [-0.2, 0) is 9.59 Å². The van der Waals surface area contributed by atoms with E-state index in [1.54, 1.807) is 6.92 Å². The number of hydrogen-bond acceptors (Lipinski definition) is 4. The second-order valence-corrected chi connectivity index (χ2v) is 3.46. The zero-order valence-corrected chi connectivity index (χ0v) is 7.72. The molecule has 0 bridgehead atoms. The molecule has 0 spiro atoms. The number of carbonyl (C=O) groups is 2. The van der Waals surface area contributed by atoms with Crippen molar-refractivity contribution in [2.75, 3.05) is 13.1 Å². The standard InChI is InChI=1S/C8H15N3O2/c1-8(3-2-4-9)7(13)11-6(12)5-10-8/h10H,2-5,9H2,1H3,(H,11,12,13). The molecule has 0 aromatic rings. The molecule has 2 amide bonds. The fourth-order valence-corrected chi connectivity index (χ4v) is 1.32. The minimum Gasteiger partial charge on any atom is -0.330 e. The van der Waals surface area contributed by atoms with Crippen LogP contribution in [-0.4, -0.2) is 30.4 Å². The van der Waals surface area contributed by atoms with Crippen molar-refractivity contribution >= 4 is 11.8 Å². The quantitative estimate of drug-likeness (QED) is 0.479. The van der Waals surface area contributed by atoms with Crippen LogP contribution in [0.3, 0.4) is 0 Å². The van der Waals surface area contributed by atoms with Gasteiger partial charge in [0.2, 0.25) is 11.8 Å². The third kappa shape index (κ3) is 2.26. The average molecular weight is 185 g/mol. The molecule has 0 radical (unpaired) electrons. The maximum Gasteiger partial charge on any atom is 0.246 e. The molecule has 0 aliphatic carbocycles. The highest BCUT2D eigenvalue weighted by Gasteiger charge is 2.36. The van der Waals surface area contributed by atoms with Gasteiger partial charge in [0.25, 0.3) is 0 Å². The van der Waals surface area contributed by atoms with E-state index in [0.717, 1.165) is 6.42 Å². The maximum absolute atomic E-state index is 11.4. The van der Waals surface area contributed by atoms with Gasteiger partial charge in [-0.1, -0.05) is 0 Å². The van der Waals surface area contributed by atoms with Crippen molar-refractivity contribution in [1.29, 1.82) is 0 Å². The Labute approximate surface area is 77.1 Å².